The molecule has 33 heavy (non-hydrogen) atoms. The second kappa shape index (κ2) is 19.2. The van der Waals surface area contributed by atoms with Crippen LogP contribution in [0.4, 0.5) is 5.69 Å². The van der Waals surface area contributed by atoms with Crippen LogP contribution in [0.1, 0.15) is 5.56 Å². The Morgan fingerprint density at radius 2 is 1.06 bits per heavy atom. The third kappa shape index (κ3) is 14.4. The first-order valence-electron chi connectivity index (χ1n) is 11.2. The fourth-order valence-electron chi connectivity index (χ4n) is 2.58. The van der Waals surface area contributed by atoms with Gasteiger partial charge < -0.3 is 33.5 Å². The van der Waals surface area contributed by atoms with Gasteiger partial charge in [0.1, 0.15) is 12.4 Å². The molecule has 0 saturated carbocycles. The van der Waals surface area contributed by atoms with Gasteiger partial charge in [0.05, 0.1) is 78.4 Å². The van der Waals surface area contributed by atoms with E-state index in [1.165, 1.54) is 0 Å². The van der Waals surface area contributed by atoms with Crippen molar-refractivity contribution in [3.8, 4) is 5.75 Å². The van der Waals surface area contributed by atoms with Gasteiger partial charge in [-0.2, -0.15) is 0 Å². The van der Waals surface area contributed by atoms with E-state index in [4.69, 9.17) is 33.5 Å². The maximum Gasteiger partial charge on any atom is 0.119 e. The predicted molar refractivity (Wildman–Crippen MR) is 127 cm³/mol. The molecule has 0 bridgehead atoms. The highest BCUT2D eigenvalue weighted by atomic mass is 16.6. The maximum absolute atomic E-state index is 8.56. The quantitative estimate of drug-likeness (QED) is 0.240. The molecule has 0 radical (unpaired) electrons. The average molecular weight is 462 g/mol. The van der Waals surface area contributed by atoms with E-state index in [1.807, 2.05) is 60.8 Å². The standard InChI is InChI=1S/C25H35NO7/c27-10-11-28-12-13-29-14-15-30-16-17-31-18-19-32-20-21-33-25-8-6-24(7-9-25)26-22-23-4-2-1-3-5-23/h1-9,22,27H,10-21H2. The Balaban J connectivity index is 1.37. The largest absolute Gasteiger partial charge is 0.491 e. The van der Waals surface area contributed by atoms with Crippen LogP contribution in [0.25, 0.3) is 0 Å². The number of rotatable bonds is 20. The summed E-state index contributed by atoms with van der Waals surface area (Å²) < 4.78 is 32.4. The predicted octanol–water partition coefficient (Wildman–Crippen LogP) is 2.89. The molecule has 0 heterocycles. The third-order valence-corrected chi connectivity index (χ3v) is 4.22. The lowest BCUT2D eigenvalue weighted by atomic mass is 10.2. The van der Waals surface area contributed by atoms with Gasteiger partial charge >= 0.3 is 0 Å². The highest BCUT2D eigenvalue weighted by molar-refractivity contribution is 5.81. The van der Waals surface area contributed by atoms with E-state index in [2.05, 4.69) is 4.99 Å². The van der Waals surface area contributed by atoms with Crippen molar-refractivity contribution < 1.29 is 33.5 Å². The van der Waals surface area contributed by atoms with Crippen LogP contribution in [-0.2, 0) is 23.7 Å². The molecule has 1 N–H and O–H groups in total. The van der Waals surface area contributed by atoms with Crippen LogP contribution in [0, 0.1) is 0 Å². The molecule has 2 aromatic carbocycles. The molecule has 2 rings (SSSR count). The number of ether oxygens (including phenoxy) is 6. The van der Waals surface area contributed by atoms with E-state index >= 15 is 0 Å². The first kappa shape index (κ1) is 26.9. The highest BCUT2D eigenvalue weighted by Crippen LogP contribution is 2.18. The molecule has 0 aliphatic rings. The van der Waals surface area contributed by atoms with Crippen molar-refractivity contribution in [2.24, 2.45) is 4.99 Å². The number of hydrogen-bond acceptors (Lipinski definition) is 8. The van der Waals surface area contributed by atoms with Crippen LogP contribution in [0.15, 0.2) is 59.6 Å². The molecule has 8 nitrogen and oxygen atoms in total. The molecular weight excluding hydrogens is 426 g/mol. The SMILES string of the molecule is OCCOCCOCCOCCOCCOCCOc1ccc(N=Cc2ccccc2)cc1. The molecule has 8 heteroatoms. The number of aliphatic hydroxyl groups is 1. The van der Waals surface area contributed by atoms with Crippen LogP contribution in [0.2, 0.25) is 0 Å². The molecule has 0 spiro atoms. The zero-order valence-corrected chi connectivity index (χ0v) is 19.1. The zero-order valence-electron chi connectivity index (χ0n) is 19.1. The van der Waals surface area contributed by atoms with Gasteiger partial charge in [0.2, 0.25) is 0 Å². The lowest BCUT2D eigenvalue weighted by Crippen LogP contribution is -2.14. The van der Waals surface area contributed by atoms with Gasteiger partial charge in [0, 0.05) is 6.21 Å². The summed E-state index contributed by atoms with van der Waals surface area (Å²) in [6.45, 7) is 5.37. The Morgan fingerprint density at radius 3 is 1.58 bits per heavy atom. The fraction of sp³-hybridized carbons (Fsp3) is 0.480. The second-order valence-electron chi connectivity index (χ2n) is 6.80. The molecule has 182 valence electrons. The van der Waals surface area contributed by atoms with Gasteiger partial charge in [-0.1, -0.05) is 30.3 Å². The van der Waals surface area contributed by atoms with E-state index in [-0.39, 0.29) is 6.61 Å². The van der Waals surface area contributed by atoms with E-state index in [0.717, 1.165) is 17.0 Å². The summed E-state index contributed by atoms with van der Waals surface area (Å²) in [5.74, 6) is 0.785. The number of nitrogens with zero attached hydrogens (tertiary/aromatic N) is 1. The molecule has 0 fully saturated rings. The summed E-state index contributed by atoms with van der Waals surface area (Å²) in [6.07, 6.45) is 1.84. The summed E-state index contributed by atoms with van der Waals surface area (Å²) in [5, 5.41) is 8.56. The first-order chi connectivity index (χ1) is 16.4. The molecule has 0 saturated heterocycles. The molecule has 0 atom stereocenters. The van der Waals surface area contributed by atoms with Crippen molar-refractivity contribution in [2.75, 3.05) is 79.3 Å². The Labute approximate surface area is 196 Å². The first-order valence-corrected chi connectivity index (χ1v) is 11.2. The zero-order chi connectivity index (χ0) is 23.2. The Hall–Kier alpha value is -2.33. The molecule has 0 aliphatic heterocycles. The summed E-state index contributed by atoms with van der Waals surface area (Å²) in [7, 11) is 0. The van der Waals surface area contributed by atoms with Crippen molar-refractivity contribution >= 4 is 11.9 Å². The van der Waals surface area contributed by atoms with Crippen molar-refractivity contribution in [1.82, 2.24) is 0 Å². The topological polar surface area (TPSA) is 88.0 Å². The Kier molecular flexibility index (Phi) is 15.6. The van der Waals surface area contributed by atoms with E-state index in [9.17, 15) is 0 Å². The number of aliphatic imine (C=N–C) groups is 1. The average Bonchev–Trinajstić information content (AvgIpc) is 2.86. The van der Waals surface area contributed by atoms with Crippen molar-refractivity contribution in [3.63, 3.8) is 0 Å². The second-order valence-corrected chi connectivity index (χ2v) is 6.80. The van der Waals surface area contributed by atoms with E-state index in [1.54, 1.807) is 0 Å². The summed E-state index contributed by atoms with van der Waals surface area (Å²) in [5.41, 5.74) is 1.94. The Bertz CT molecular complexity index is 725. The van der Waals surface area contributed by atoms with Gasteiger partial charge in [0.15, 0.2) is 0 Å². The minimum absolute atomic E-state index is 0.0305. The molecular formula is C25H35NO7. The highest BCUT2D eigenvalue weighted by Gasteiger charge is 1.96. The summed E-state index contributed by atoms with van der Waals surface area (Å²) >= 11 is 0. The molecule has 2 aromatic rings. The molecule has 0 aromatic heterocycles. The number of benzene rings is 2. The van der Waals surface area contributed by atoms with Gasteiger partial charge in [-0.3, -0.25) is 4.99 Å². The van der Waals surface area contributed by atoms with Crippen LogP contribution >= 0.6 is 0 Å². The number of hydrogen-bond donors (Lipinski definition) is 1. The van der Waals surface area contributed by atoms with Gasteiger partial charge in [-0.05, 0) is 29.8 Å². The van der Waals surface area contributed by atoms with Gasteiger partial charge in [0.25, 0.3) is 0 Å². The number of aliphatic hydroxyl groups excluding tert-OH is 1. The summed E-state index contributed by atoms with van der Waals surface area (Å²) in [6, 6.07) is 17.6. The van der Waals surface area contributed by atoms with Crippen LogP contribution in [-0.4, -0.2) is 90.6 Å². The van der Waals surface area contributed by atoms with E-state index in [0.29, 0.717) is 72.7 Å². The lowest BCUT2D eigenvalue weighted by Gasteiger charge is -2.08. The van der Waals surface area contributed by atoms with Crippen molar-refractivity contribution in [1.29, 1.82) is 0 Å². The van der Waals surface area contributed by atoms with E-state index < -0.39 is 0 Å². The van der Waals surface area contributed by atoms with Crippen molar-refractivity contribution in [2.45, 2.75) is 0 Å². The normalized spacial score (nSPS) is 11.3. The smallest absolute Gasteiger partial charge is 0.119 e. The van der Waals surface area contributed by atoms with Gasteiger partial charge in [-0.25, -0.2) is 0 Å². The Morgan fingerprint density at radius 1 is 0.576 bits per heavy atom. The lowest BCUT2D eigenvalue weighted by molar-refractivity contribution is -0.0146. The van der Waals surface area contributed by atoms with Crippen LogP contribution in [0.5, 0.6) is 5.75 Å². The minimum Gasteiger partial charge on any atom is -0.491 e. The van der Waals surface area contributed by atoms with Crippen LogP contribution in [0.3, 0.4) is 0 Å². The molecule has 0 aliphatic carbocycles. The minimum atomic E-state index is 0.0305. The molecule has 0 amide bonds. The van der Waals surface area contributed by atoms with Crippen LogP contribution < -0.4 is 4.74 Å². The summed E-state index contributed by atoms with van der Waals surface area (Å²) in [4.78, 5) is 4.45. The maximum atomic E-state index is 8.56. The fourth-order valence-corrected chi connectivity index (χ4v) is 2.58. The monoisotopic (exact) mass is 461 g/mol. The van der Waals surface area contributed by atoms with Crippen molar-refractivity contribution in [3.05, 3.63) is 60.2 Å². The molecule has 0 unspecified atom stereocenters. The van der Waals surface area contributed by atoms with Gasteiger partial charge in [-0.15, -0.1) is 0 Å². The third-order valence-electron chi connectivity index (χ3n) is 4.22.